The van der Waals surface area contributed by atoms with Crippen LogP contribution in [-0.4, -0.2) is 11.5 Å². The number of hydrogen-bond acceptors (Lipinski definition) is 4. The van der Waals surface area contributed by atoms with E-state index >= 15 is 0 Å². The molecular formula is C40H28N2S2. The molecule has 210 valence electrons. The van der Waals surface area contributed by atoms with Crippen molar-refractivity contribution in [3.63, 3.8) is 0 Å². The van der Waals surface area contributed by atoms with Crippen LogP contribution in [0, 0.1) is 0 Å². The number of nitrogens with zero attached hydrogens (tertiary/aromatic N) is 1. The number of nitrogens with one attached hydrogen (secondary N) is 1. The van der Waals surface area contributed by atoms with E-state index in [9.17, 15) is 0 Å². The van der Waals surface area contributed by atoms with E-state index < -0.39 is 0 Å². The highest BCUT2D eigenvalue weighted by Gasteiger charge is 2.20. The van der Waals surface area contributed by atoms with Crippen LogP contribution in [0.25, 0.3) is 50.2 Å². The van der Waals surface area contributed by atoms with Gasteiger partial charge in [0.05, 0.1) is 0 Å². The average molecular weight is 601 g/mol. The van der Waals surface area contributed by atoms with Gasteiger partial charge in [-0.2, -0.15) is 0 Å². The maximum atomic E-state index is 4.34. The summed E-state index contributed by atoms with van der Waals surface area (Å²) in [6, 6.07) is 44.3. The molecule has 5 aromatic carbocycles. The summed E-state index contributed by atoms with van der Waals surface area (Å²) >= 11 is 3.71. The van der Waals surface area contributed by atoms with Crippen LogP contribution in [0.4, 0.5) is 0 Å². The van der Waals surface area contributed by atoms with E-state index in [1.807, 2.05) is 42.0 Å². The van der Waals surface area contributed by atoms with Crippen LogP contribution in [0.3, 0.4) is 0 Å². The fourth-order valence-electron chi connectivity index (χ4n) is 5.87. The smallest absolute Gasteiger partial charge is 0.0416 e. The van der Waals surface area contributed by atoms with Gasteiger partial charge in [0.2, 0.25) is 0 Å². The number of hydrogen-bond donors (Lipinski definition) is 1. The van der Waals surface area contributed by atoms with E-state index in [0.717, 1.165) is 17.8 Å². The summed E-state index contributed by atoms with van der Waals surface area (Å²) in [5.41, 5.74) is 12.1. The highest BCUT2D eigenvalue weighted by molar-refractivity contribution is 8.00. The summed E-state index contributed by atoms with van der Waals surface area (Å²) in [7, 11) is 0. The standard InChI is InChI=1S/C40H28N2S2/c1-3-15-37-32(12-1)33-13-2-4-16-38(33)44-40-25-30(36-14-5-6-22-42-36)18-20-35(40)34-19-17-29(24-39(34)43-37)27-9-7-10-28(23-27)31-11-8-21-41-26-31/h1-21,23-26,42H,22H2. The van der Waals surface area contributed by atoms with E-state index in [-0.39, 0.29) is 0 Å². The Hall–Kier alpha value is -4.77. The Labute approximate surface area is 266 Å². The third kappa shape index (κ3) is 5.17. The summed E-state index contributed by atoms with van der Waals surface area (Å²) in [5, 5.41) is 3.54. The largest absolute Gasteiger partial charge is 0.381 e. The Morgan fingerprint density at radius 2 is 1.09 bits per heavy atom. The number of dihydropyridines is 1. The number of benzene rings is 5. The number of aromatic nitrogens is 1. The van der Waals surface area contributed by atoms with Crippen LogP contribution in [-0.2, 0) is 0 Å². The fraction of sp³-hybridized carbons (Fsp3) is 0.0250. The second kappa shape index (κ2) is 11.7. The van der Waals surface area contributed by atoms with Gasteiger partial charge in [0.15, 0.2) is 0 Å². The Bertz CT molecular complexity index is 2080. The van der Waals surface area contributed by atoms with Crippen molar-refractivity contribution < 1.29 is 0 Å². The van der Waals surface area contributed by atoms with E-state index in [1.165, 1.54) is 64.1 Å². The minimum Gasteiger partial charge on any atom is -0.381 e. The van der Waals surface area contributed by atoms with E-state index in [4.69, 9.17) is 0 Å². The Morgan fingerprint density at radius 3 is 1.75 bits per heavy atom. The summed E-state index contributed by atoms with van der Waals surface area (Å²) in [6.45, 7) is 0.847. The maximum Gasteiger partial charge on any atom is 0.0416 e. The van der Waals surface area contributed by atoms with Crippen molar-refractivity contribution in [2.24, 2.45) is 0 Å². The molecule has 0 aliphatic carbocycles. The van der Waals surface area contributed by atoms with Crippen molar-refractivity contribution in [3.8, 4) is 44.5 Å². The molecule has 0 saturated heterocycles. The van der Waals surface area contributed by atoms with Gasteiger partial charge in [0.25, 0.3) is 0 Å². The SMILES string of the molecule is C1=CCNC(c2ccc3c(c2)Sc2ccccc2-c2ccccc2Sc2cc(-c4cccc(-c5cccnc5)c4)ccc2-3)=C1. The van der Waals surface area contributed by atoms with Crippen LogP contribution in [0.1, 0.15) is 5.56 Å². The number of pyridine rings is 1. The minimum atomic E-state index is 0.847. The van der Waals surface area contributed by atoms with Gasteiger partial charge in [0, 0.05) is 49.8 Å². The first-order valence-electron chi connectivity index (χ1n) is 14.7. The molecule has 8 rings (SSSR count). The van der Waals surface area contributed by atoms with Crippen LogP contribution in [0.5, 0.6) is 0 Å². The fourth-order valence-corrected chi connectivity index (χ4v) is 8.16. The number of rotatable bonds is 3. The topological polar surface area (TPSA) is 24.9 Å². The predicted octanol–water partition coefficient (Wildman–Crippen LogP) is 10.9. The Balaban J connectivity index is 1.32. The molecule has 1 aromatic heterocycles. The van der Waals surface area contributed by atoms with E-state index in [1.54, 1.807) is 0 Å². The van der Waals surface area contributed by atoms with Crippen molar-refractivity contribution >= 4 is 29.2 Å². The zero-order valence-electron chi connectivity index (χ0n) is 23.9. The Kier molecular flexibility index (Phi) is 7.15. The highest BCUT2D eigenvalue weighted by Crippen LogP contribution is 2.49. The van der Waals surface area contributed by atoms with Crippen LogP contribution in [0.15, 0.2) is 172 Å². The first-order chi connectivity index (χ1) is 21.8. The van der Waals surface area contributed by atoms with E-state index in [2.05, 4.69) is 144 Å². The van der Waals surface area contributed by atoms with Crippen LogP contribution < -0.4 is 5.32 Å². The number of allylic oxidation sites excluding steroid dienone is 2. The lowest BCUT2D eigenvalue weighted by atomic mass is 9.96. The molecule has 0 fully saturated rings. The second-order valence-electron chi connectivity index (χ2n) is 10.8. The lowest BCUT2D eigenvalue weighted by Crippen LogP contribution is -2.14. The third-order valence-corrected chi connectivity index (χ3v) is 10.3. The van der Waals surface area contributed by atoms with Gasteiger partial charge in [-0.3, -0.25) is 4.98 Å². The number of fused-ring (bicyclic) bond motifs is 6. The van der Waals surface area contributed by atoms with Gasteiger partial charge < -0.3 is 5.32 Å². The zero-order valence-corrected chi connectivity index (χ0v) is 25.5. The van der Waals surface area contributed by atoms with Crippen molar-refractivity contribution in [1.82, 2.24) is 10.3 Å². The molecule has 0 amide bonds. The zero-order chi connectivity index (χ0) is 29.3. The van der Waals surface area contributed by atoms with Gasteiger partial charge in [-0.05, 0) is 87.0 Å². The van der Waals surface area contributed by atoms with Gasteiger partial charge in [-0.15, -0.1) is 0 Å². The summed E-state index contributed by atoms with van der Waals surface area (Å²) in [5.74, 6) is 0. The first kappa shape index (κ1) is 26.8. The summed E-state index contributed by atoms with van der Waals surface area (Å²) in [4.78, 5) is 9.35. The lowest BCUT2D eigenvalue weighted by Gasteiger charge is -2.22. The predicted molar refractivity (Wildman–Crippen MR) is 186 cm³/mol. The molecule has 0 atom stereocenters. The molecule has 44 heavy (non-hydrogen) atoms. The summed E-state index contributed by atoms with van der Waals surface area (Å²) in [6.07, 6.45) is 10.2. The Morgan fingerprint density at radius 1 is 0.500 bits per heavy atom. The van der Waals surface area contributed by atoms with Crippen molar-refractivity contribution in [2.45, 2.75) is 19.6 Å². The second-order valence-corrected chi connectivity index (χ2v) is 13.0. The first-order valence-corrected chi connectivity index (χ1v) is 16.4. The van der Waals surface area contributed by atoms with Gasteiger partial charge in [-0.1, -0.05) is 121 Å². The molecule has 0 saturated carbocycles. The average Bonchev–Trinajstić information content (AvgIpc) is 3.10. The molecule has 0 unspecified atom stereocenters. The molecule has 6 aromatic rings. The van der Waals surface area contributed by atoms with Crippen molar-refractivity contribution in [2.75, 3.05) is 6.54 Å². The normalized spacial score (nSPS) is 13.4. The summed E-state index contributed by atoms with van der Waals surface area (Å²) < 4.78 is 0. The highest BCUT2D eigenvalue weighted by atomic mass is 32.2. The third-order valence-electron chi connectivity index (χ3n) is 8.07. The molecule has 0 spiro atoms. The van der Waals surface area contributed by atoms with Crippen molar-refractivity contribution in [1.29, 1.82) is 0 Å². The molecule has 2 aliphatic heterocycles. The minimum absolute atomic E-state index is 0.847. The molecule has 4 heteroatoms. The molecule has 2 aliphatic rings. The quantitative estimate of drug-likeness (QED) is 0.218. The maximum absolute atomic E-state index is 4.34. The van der Waals surface area contributed by atoms with Gasteiger partial charge >= 0.3 is 0 Å². The molecule has 1 N–H and O–H groups in total. The van der Waals surface area contributed by atoms with E-state index in [0.29, 0.717) is 0 Å². The van der Waals surface area contributed by atoms with Gasteiger partial charge in [-0.25, -0.2) is 0 Å². The molecular weight excluding hydrogens is 573 g/mol. The lowest BCUT2D eigenvalue weighted by molar-refractivity contribution is 0.994. The molecule has 2 nitrogen and oxygen atoms in total. The molecule has 0 radical (unpaired) electrons. The molecule has 0 bridgehead atoms. The van der Waals surface area contributed by atoms with Crippen molar-refractivity contribution in [3.05, 3.63) is 158 Å². The monoisotopic (exact) mass is 600 g/mol. The van der Waals surface area contributed by atoms with Crippen LogP contribution >= 0.6 is 23.5 Å². The van der Waals surface area contributed by atoms with Crippen LogP contribution in [0.2, 0.25) is 0 Å². The molecule has 3 heterocycles. The van der Waals surface area contributed by atoms with Gasteiger partial charge in [0.1, 0.15) is 0 Å².